The molecule has 0 aliphatic carbocycles. The highest BCUT2D eigenvalue weighted by Crippen LogP contribution is 2.16. The number of amides is 1. The van der Waals surface area contributed by atoms with Gasteiger partial charge in [0.25, 0.3) is 0 Å². The number of ether oxygens (including phenoxy) is 1. The first kappa shape index (κ1) is 13.0. The fraction of sp³-hybridized carbons (Fsp3) is 0.333. The summed E-state index contributed by atoms with van der Waals surface area (Å²) in [5.41, 5.74) is 6.04. The topological polar surface area (TPSA) is 81.4 Å². The highest BCUT2D eigenvalue weighted by Gasteiger charge is 2.34. The summed E-state index contributed by atoms with van der Waals surface area (Å²) in [6.07, 6.45) is 0.812. The van der Waals surface area contributed by atoms with Crippen LogP contribution in [0.1, 0.15) is 12.5 Å². The normalized spacial score (nSPS) is 13.5. The van der Waals surface area contributed by atoms with E-state index < -0.39 is 11.5 Å². The standard InChI is InChI=1S/C12H16N2O3/c1-12(14-8-15,11(16)17-2)7-9-4-3-5-10(13)6-9/h3-6,8H,7,13H2,1-2H3,(H,14,15)/t12-/m0/s1. The van der Waals surface area contributed by atoms with Crippen LogP contribution in [0.15, 0.2) is 24.3 Å². The van der Waals surface area contributed by atoms with E-state index in [2.05, 4.69) is 10.1 Å². The van der Waals surface area contributed by atoms with E-state index >= 15 is 0 Å². The number of methoxy groups -OCH3 is 1. The average molecular weight is 236 g/mol. The molecule has 1 amide bonds. The molecule has 0 unspecified atom stereocenters. The van der Waals surface area contributed by atoms with Crippen molar-refractivity contribution in [1.29, 1.82) is 0 Å². The zero-order valence-electron chi connectivity index (χ0n) is 9.90. The second-order valence-electron chi connectivity index (χ2n) is 4.01. The summed E-state index contributed by atoms with van der Waals surface area (Å²) < 4.78 is 4.68. The summed E-state index contributed by atoms with van der Waals surface area (Å²) in [6, 6.07) is 7.15. The third-order valence-electron chi connectivity index (χ3n) is 2.52. The molecular weight excluding hydrogens is 220 g/mol. The number of nitrogens with two attached hydrogens (primary N) is 1. The molecule has 1 aromatic rings. The molecule has 1 rings (SSSR count). The predicted octanol–water partition coefficient (Wildman–Crippen LogP) is 0.489. The van der Waals surface area contributed by atoms with Crippen molar-refractivity contribution in [1.82, 2.24) is 5.32 Å². The van der Waals surface area contributed by atoms with E-state index in [0.717, 1.165) is 5.56 Å². The van der Waals surface area contributed by atoms with Crippen molar-refractivity contribution in [2.75, 3.05) is 12.8 Å². The van der Waals surface area contributed by atoms with Gasteiger partial charge in [0.15, 0.2) is 0 Å². The second-order valence-corrected chi connectivity index (χ2v) is 4.01. The SMILES string of the molecule is COC(=O)[C@](C)(Cc1cccc(N)c1)NC=O. The van der Waals surface area contributed by atoms with E-state index in [1.54, 1.807) is 25.1 Å². The first-order valence-corrected chi connectivity index (χ1v) is 5.16. The van der Waals surface area contributed by atoms with Gasteiger partial charge in [0.2, 0.25) is 6.41 Å². The summed E-state index contributed by atoms with van der Waals surface area (Å²) >= 11 is 0. The molecule has 0 spiro atoms. The van der Waals surface area contributed by atoms with Gasteiger partial charge in [-0.1, -0.05) is 12.1 Å². The molecule has 0 fully saturated rings. The molecule has 0 aromatic heterocycles. The quantitative estimate of drug-likeness (QED) is 0.443. The van der Waals surface area contributed by atoms with Crippen molar-refractivity contribution in [3.63, 3.8) is 0 Å². The Kier molecular flexibility index (Phi) is 4.09. The summed E-state index contributed by atoms with van der Waals surface area (Å²) in [4.78, 5) is 22.2. The zero-order chi connectivity index (χ0) is 12.9. The van der Waals surface area contributed by atoms with Gasteiger partial charge in [-0.3, -0.25) is 4.79 Å². The van der Waals surface area contributed by atoms with Crippen molar-refractivity contribution in [3.8, 4) is 0 Å². The number of anilines is 1. The molecule has 0 heterocycles. The van der Waals surface area contributed by atoms with Crippen LogP contribution in [0.4, 0.5) is 5.69 Å². The van der Waals surface area contributed by atoms with Crippen molar-refractivity contribution in [2.45, 2.75) is 18.9 Å². The average Bonchev–Trinajstić information content (AvgIpc) is 2.28. The molecule has 3 N–H and O–H groups in total. The Morgan fingerprint density at radius 3 is 2.82 bits per heavy atom. The number of benzene rings is 1. The van der Waals surface area contributed by atoms with Crippen LogP contribution in [0.5, 0.6) is 0 Å². The van der Waals surface area contributed by atoms with E-state index in [4.69, 9.17) is 5.73 Å². The van der Waals surface area contributed by atoms with Gasteiger partial charge < -0.3 is 15.8 Å². The molecule has 92 valence electrons. The minimum Gasteiger partial charge on any atom is -0.467 e. The van der Waals surface area contributed by atoms with E-state index in [9.17, 15) is 9.59 Å². The maximum Gasteiger partial charge on any atom is 0.331 e. The first-order chi connectivity index (χ1) is 8.01. The Morgan fingerprint density at radius 1 is 1.59 bits per heavy atom. The molecule has 0 aliphatic rings. The van der Waals surface area contributed by atoms with Crippen LogP contribution < -0.4 is 11.1 Å². The van der Waals surface area contributed by atoms with Crippen LogP contribution in [-0.2, 0) is 20.7 Å². The third kappa shape index (κ3) is 3.21. The van der Waals surface area contributed by atoms with E-state index in [0.29, 0.717) is 18.5 Å². The molecule has 5 heteroatoms. The van der Waals surface area contributed by atoms with Crippen LogP contribution in [0, 0.1) is 0 Å². The Bertz CT molecular complexity index is 420. The number of hydrogen-bond donors (Lipinski definition) is 2. The summed E-state index contributed by atoms with van der Waals surface area (Å²) in [7, 11) is 1.28. The minimum atomic E-state index is -1.08. The molecule has 1 atom stereocenters. The smallest absolute Gasteiger partial charge is 0.331 e. The third-order valence-corrected chi connectivity index (χ3v) is 2.52. The molecule has 5 nitrogen and oxygen atoms in total. The van der Waals surface area contributed by atoms with E-state index in [1.165, 1.54) is 7.11 Å². The van der Waals surface area contributed by atoms with Crippen LogP contribution >= 0.6 is 0 Å². The molecule has 0 bridgehead atoms. The maximum atomic E-state index is 11.6. The van der Waals surface area contributed by atoms with Gasteiger partial charge in [-0.05, 0) is 24.6 Å². The molecule has 0 aliphatic heterocycles. The number of nitrogens with one attached hydrogen (secondary N) is 1. The van der Waals surface area contributed by atoms with Gasteiger partial charge in [-0.15, -0.1) is 0 Å². The number of nitrogen functional groups attached to an aromatic ring is 1. The number of esters is 1. The predicted molar refractivity (Wildman–Crippen MR) is 64.2 cm³/mol. The fourth-order valence-electron chi connectivity index (χ4n) is 1.65. The van der Waals surface area contributed by atoms with Crippen molar-refractivity contribution in [3.05, 3.63) is 29.8 Å². The highest BCUT2D eigenvalue weighted by molar-refractivity contribution is 5.83. The summed E-state index contributed by atoms with van der Waals surface area (Å²) in [6.45, 7) is 1.61. The van der Waals surface area contributed by atoms with Gasteiger partial charge in [0, 0.05) is 12.1 Å². The zero-order valence-corrected chi connectivity index (χ0v) is 9.90. The van der Waals surface area contributed by atoms with Crippen molar-refractivity contribution >= 4 is 18.1 Å². The van der Waals surface area contributed by atoms with Gasteiger partial charge in [-0.25, -0.2) is 4.79 Å². The number of carbonyl (C=O) groups is 2. The lowest BCUT2D eigenvalue weighted by Gasteiger charge is -2.26. The second kappa shape index (κ2) is 5.34. The largest absolute Gasteiger partial charge is 0.467 e. The maximum absolute atomic E-state index is 11.6. The Labute approximate surface area is 99.9 Å². The van der Waals surface area contributed by atoms with Gasteiger partial charge >= 0.3 is 5.97 Å². The Morgan fingerprint density at radius 2 is 2.29 bits per heavy atom. The van der Waals surface area contributed by atoms with E-state index in [-0.39, 0.29) is 0 Å². The Hall–Kier alpha value is -2.04. The number of hydrogen-bond acceptors (Lipinski definition) is 4. The van der Waals surface area contributed by atoms with Crippen molar-refractivity contribution in [2.24, 2.45) is 0 Å². The highest BCUT2D eigenvalue weighted by atomic mass is 16.5. The van der Waals surface area contributed by atoms with Crippen LogP contribution in [0.25, 0.3) is 0 Å². The van der Waals surface area contributed by atoms with Gasteiger partial charge in [-0.2, -0.15) is 0 Å². The lowest BCUT2D eigenvalue weighted by molar-refractivity contribution is -0.148. The fourth-order valence-corrected chi connectivity index (χ4v) is 1.65. The van der Waals surface area contributed by atoms with Gasteiger partial charge in [0.1, 0.15) is 5.54 Å². The Balaban J connectivity index is 2.94. The monoisotopic (exact) mass is 236 g/mol. The van der Waals surface area contributed by atoms with Crippen LogP contribution in [-0.4, -0.2) is 25.0 Å². The summed E-state index contributed by atoms with van der Waals surface area (Å²) in [5.74, 6) is -0.493. The number of rotatable bonds is 5. The lowest BCUT2D eigenvalue weighted by Crippen LogP contribution is -2.51. The lowest BCUT2D eigenvalue weighted by atomic mass is 9.93. The molecule has 0 saturated carbocycles. The molecule has 17 heavy (non-hydrogen) atoms. The molecule has 0 radical (unpaired) electrons. The summed E-state index contributed by atoms with van der Waals surface area (Å²) in [5, 5.41) is 2.48. The minimum absolute atomic E-state index is 0.323. The van der Waals surface area contributed by atoms with Crippen LogP contribution in [0.3, 0.4) is 0 Å². The molecular formula is C12H16N2O3. The van der Waals surface area contributed by atoms with Gasteiger partial charge in [0.05, 0.1) is 7.11 Å². The van der Waals surface area contributed by atoms with E-state index in [1.807, 2.05) is 6.07 Å². The molecule has 1 aromatic carbocycles. The number of carbonyl (C=O) groups excluding carboxylic acids is 2. The van der Waals surface area contributed by atoms with Crippen molar-refractivity contribution < 1.29 is 14.3 Å². The van der Waals surface area contributed by atoms with Crippen LogP contribution in [0.2, 0.25) is 0 Å². The molecule has 0 saturated heterocycles. The first-order valence-electron chi connectivity index (χ1n) is 5.16.